The van der Waals surface area contributed by atoms with Crippen molar-refractivity contribution in [1.82, 2.24) is 0 Å². The molecule has 220 valence electrons. The van der Waals surface area contributed by atoms with Crippen molar-refractivity contribution in [2.75, 3.05) is 0 Å². The smallest absolute Gasteiger partial charge is 0.305 e. The van der Waals surface area contributed by atoms with Crippen LogP contribution in [0.1, 0.15) is 55.9 Å². The summed E-state index contributed by atoms with van der Waals surface area (Å²) in [7, 11) is 0. The van der Waals surface area contributed by atoms with E-state index in [1.54, 1.807) is 0 Å². The van der Waals surface area contributed by atoms with Crippen molar-refractivity contribution >= 4 is 29.3 Å². The van der Waals surface area contributed by atoms with Crippen LogP contribution >= 0.6 is 0 Å². The van der Waals surface area contributed by atoms with Gasteiger partial charge in [-0.2, -0.15) is 0 Å². The molecule has 0 amide bonds. The summed E-state index contributed by atoms with van der Waals surface area (Å²) in [5.41, 5.74) is -12.5. The minimum absolute atomic E-state index is 0.524. The average Bonchev–Trinajstić information content (AvgIpc) is 3.30. The van der Waals surface area contributed by atoms with E-state index >= 15 is 0 Å². The van der Waals surface area contributed by atoms with Gasteiger partial charge in [-0.15, -0.1) is 0 Å². The van der Waals surface area contributed by atoms with Crippen LogP contribution in [-0.4, -0.2) is 93.6 Å². The molecule has 1 saturated heterocycles. The average molecular weight is 584 g/mol. The zero-order valence-corrected chi connectivity index (χ0v) is 21.4. The van der Waals surface area contributed by atoms with Crippen LogP contribution in [0.4, 0.5) is 0 Å². The number of aliphatic carboxylic acids is 2. The normalized spacial score (nSPS) is 36.9. The van der Waals surface area contributed by atoms with Crippen molar-refractivity contribution < 1.29 is 69.6 Å². The standard InChI is InChI=1S/C28H24O14/c29-13-5-1-3-11-18(13)24(38)27(40)25-9-10(7-16(32)33)42-28(25,41)12-4-2-6-14(30)19(12)22(36)21(25)20(15(31)8-17(34)35)26(27,39)23(11)37/h1-6,10,15,20-21,29-31,39-41H,7-9H2,(H,32,33)(H,34,35). The number of carboxylic acid groups (broad SMARTS) is 2. The van der Waals surface area contributed by atoms with Gasteiger partial charge in [-0.25, -0.2) is 0 Å². The highest BCUT2D eigenvalue weighted by Gasteiger charge is 2.92. The second kappa shape index (κ2) is 8.42. The molecule has 3 aliphatic carbocycles. The lowest BCUT2D eigenvalue weighted by molar-refractivity contribution is -0.293. The fourth-order valence-electron chi connectivity index (χ4n) is 8.06. The molecule has 1 saturated carbocycles. The summed E-state index contributed by atoms with van der Waals surface area (Å²) in [6.07, 6.45) is -6.83. The number of benzene rings is 2. The molecule has 8 unspecified atom stereocenters. The summed E-state index contributed by atoms with van der Waals surface area (Å²) in [5, 5.41) is 88.9. The third kappa shape index (κ3) is 2.87. The SMILES string of the molecule is O=C(O)CC1CC23C(C(=O)c4c(O)cccc4C2(O)O1)C(C(O)CC(=O)O)C1(O)C(=O)c2cccc(O)c2C(=O)C13O. The predicted octanol–water partition coefficient (Wildman–Crippen LogP) is -0.688. The van der Waals surface area contributed by atoms with Gasteiger partial charge in [-0.1, -0.05) is 24.3 Å². The highest BCUT2D eigenvalue weighted by atomic mass is 16.6. The van der Waals surface area contributed by atoms with Crippen LogP contribution < -0.4 is 0 Å². The van der Waals surface area contributed by atoms with E-state index in [0.29, 0.717) is 0 Å². The van der Waals surface area contributed by atoms with E-state index in [4.69, 9.17) is 4.74 Å². The molecule has 2 aromatic carbocycles. The van der Waals surface area contributed by atoms with Crippen LogP contribution in [-0.2, 0) is 20.1 Å². The van der Waals surface area contributed by atoms with E-state index in [9.17, 15) is 64.8 Å². The maximum Gasteiger partial charge on any atom is 0.305 e. The van der Waals surface area contributed by atoms with E-state index in [-0.39, 0.29) is 0 Å². The minimum Gasteiger partial charge on any atom is -0.507 e. The fourth-order valence-corrected chi connectivity index (χ4v) is 8.06. The molecule has 8 N–H and O–H groups in total. The third-order valence-corrected chi connectivity index (χ3v) is 9.39. The van der Waals surface area contributed by atoms with Gasteiger partial charge in [0.1, 0.15) is 11.5 Å². The van der Waals surface area contributed by atoms with E-state index in [1.165, 1.54) is 6.07 Å². The number of Topliss-reactive ketones (excluding diaryl/α,β-unsaturated/α-hetero) is 3. The van der Waals surface area contributed by atoms with Crippen molar-refractivity contribution in [2.45, 2.75) is 48.5 Å². The van der Waals surface area contributed by atoms with Gasteiger partial charge in [-0.05, 0) is 18.6 Å². The molecule has 42 heavy (non-hydrogen) atoms. The van der Waals surface area contributed by atoms with Gasteiger partial charge in [0.05, 0.1) is 41.6 Å². The number of ether oxygens (including phenoxy) is 1. The van der Waals surface area contributed by atoms with Gasteiger partial charge < -0.3 is 45.6 Å². The maximum atomic E-state index is 14.4. The third-order valence-electron chi connectivity index (χ3n) is 9.39. The number of rotatable bonds is 5. The molecule has 4 aliphatic rings. The first kappa shape index (κ1) is 27.9. The number of carbonyl (C=O) groups excluding carboxylic acids is 3. The summed E-state index contributed by atoms with van der Waals surface area (Å²) < 4.78 is 5.78. The van der Waals surface area contributed by atoms with Crippen LogP contribution in [0.3, 0.4) is 0 Å². The number of hydrogen-bond acceptors (Lipinski definition) is 12. The van der Waals surface area contributed by atoms with Crippen molar-refractivity contribution in [3.8, 4) is 11.5 Å². The number of phenols is 2. The van der Waals surface area contributed by atoms with Crippen LogP contribution in [0.15, 0.2) is 36.4 Å². The topological polar surface area (TPSA) is 256 Å². The predicted molar refractivity (Wildman–Crippen MR) is 132 cm³/mol. The van der Waals surface area contributed by atoms with Gasteiger partial charge in [0, 0.05) is 23.0 Å². The van der Waals surface area contributed by atoms with Crippen LogP contribution in [0.25, 0.3) is 0 Å². The van der Waals surface area contributed by atoms with Crippen LogP contribution in [0.5, 0.6) is 11.5 Å². The highest BCUT2D eigenvalue weighted by Crippen LogP contribution is 2.76. The van der Waals surface area contributed by atoms with E-state index < -0.39 is 129 Å². The molecule has 6 rings (SSSR count). The molecular weight excluding hydrogens is 560 g/mol. The minimum atomic E-state index is -3.61. The maximum absolute atomic E-state index is 14.4. The number of carbonyl (C=O) groups is 5. The Labute approximate surface area is 235 Å². The number of aliphatic hydroxyl groups excluding tert-OH is 1. The highest BCUT2D eigenvalue weighted by molar-refractivity contribution is 6.25. The largest absolute Gasteiger partial charge is 0.507 e. The second-order valence-electron chi connectivity index (χ2n) is 11.2. The Morgan fingerprint density at radius 1 is 0.905 bits per heavy atom. The van der Waals surface area contributed by atoms with Gasteiger partial charge in [0.25, 0.3) is 0 Å². The number of fused-ring (bicyclic) bond motifs is 4. The van der Waals surface area contributed by atoms with Gasteiger partial charge in [0.2, 0.25) is 11.6 Å². The van der Waals surface area contributed by atoms with E-state index in [1.807, 2.05) is 0 Å². The molecule has 1 spiro atoms. The molecule has 1 aliphatic heterocycles. The lowest BCUT2D eigenvalue weighted by atomic mass is 9.51. The van der Waals surface area contributed by atoms with Crippen molar-refractivity contribution in [2.24, 2.45) is 17.3 Å². The van der Waals surface area contributed by atoms with Crippen molar-refractivity contribution in [3.05, 3.63) is 58.7 Å². The van der Waals surface area contributed by atoms with Crippen LogP contribution in [0, 0.1) is 17.3 Å². The fraction of sp³-hybridized carbons (Fsp3) is 0.393. The molecule has 14 heteroatoms. The second-order valence-corrected chi connectivity index (χ2v) is 11.2. The number of ketones is 3. The molecule has 0 aromatic heterocycles. The zero-order chi connectivity index (χ0) is 30.7. The summed E-state index contributed by atoms with van der Waals surface area (Å²) in [6, 6.07) is 6.50. The van der Waals surface area contributed by atoms with Gasteiger partial charge in [-0.3, -0.25) is 24.0 Å². The van der Waals surface area contributed by atoms with Gasteiger partial charge in [0.15, 0.2) is 22.8 Å². The summed E-state index contributed by atoms with van der Waals surface area (Å²) in [4.78, 5) is 66.3. The number of phenolic OH excluding ortho intramolecular Hbond substituents is 2. The molecule has 0 radical (unpaired) electrons. The Balaban J connectivity index is 1.78. The van der Waals surface area contributed by atoms with Gasteiger partial charge >= 0.3 is 11.9 Å². The van der Waals surface area contributed by atoms with Crippen molar-refractivity contribution in [3.63, 3.8) is 0 Å². The molecule has 2 aromatic rings. The molecule has 8 atom stereocenters. The number of carboxylic acids is 2. The Bertz CT molecular complexity index is 1630. The monoisotopic (exact) mass is 584 g/mol. The first-order valence-corrected chi connectivity index (χ1v) is 12.8. The molecule has 2 fully saturated rings. The number of aliphatic hydroxyl groups is 4. The first-order chi connectivity index (χ1) is 19.6. The summed E-state index contributed by atoms with van der Waals surface area (Å²) in [5.74, 6) is -16.5. The Kier molecular flexibility index (Phi) is 5.60. The summed E-state index contributed by atoms with van der Waals surface area (Å²) >= 11 is 0. The lowest BCUT2D eigenvalue weighted by Crippen LogP contribution is -2.74. The Hall–Kier alpha value is -4.21. The van der Waals surface area contributed by atoms with E-state index in [0.717, 1.165) is 30.3 Å². The lowest BCUT2D eigenvalue weighted by Gasteiger charge is -2.54. The zero-order valence-electron chi connectivity index (χ0n) is 21.4. The van der Waals surface area contributed by atoms with E-state index in [2.05, 4.69) is 0 Å². The van der Waals surface area contributed by atoms with Crippen molar-refractivity contribution in [1.29, 1.82) is 0 Å². The number of aromatic hydroxyl groups is 2. The summed E-state index contributed by atoms with van der Waals surface area (Å²) in [6.45, 7) is 0. The molecular formula is C28H24O14. The molecule has 14 nitrogen and oxygen atoms in total. The first-order valence-electron chi connectivity index (χ1n) is 12.8. The number of hydrogen-bond donors (Lipinski definition) is 8. The Morgan fingerprint density at radius 3 is 2.14 bits per heavy atom. The van der Waals surface area contributed by atoms with Crippen LogP contribution in [0.2, 0.25) is 0 Å². The quantitative estimate of drug-likeness (QED) is 0.217. The molecule has 0 bridgehead atoms. The molecule has 1 heterocycles. The Morgan fingerprint density at radius 2 is 1.52 bits per heavy atom.